The van der Waals surface area contributed by atoms with Crippen molar-refractivity contribution < 1.29 is 4.74 Å². The van der Waals surface area contributed by atoms with Gasteiger partial charge in [0.25, 0.3) is 0 Å². The van der Waals surface area contributed by atoms with E-state index in [9.17, 15) is 0 Å². The molecule has 0 atom stereocenters. The van der Waals surface area contributed by atoms with Crippen LogP contribution in [0.1, 0.15) is 12.5 Å². The van der Waals surface area contributed by atoms with Gasteiger partial charge < -0.3 is 9.64 Å². The van der Waals surface area contributed by atoms with Gasteiger partial charge in [-0.25, -0.2) is 0 Å². The Morgan fingerprint density at radius 2 is 1.95 bits per heavy atom. The lowest BCUT2D eigenvalue weighted by atomic mass is 10.2. The van der Waals surface area contributed by atoms with E-state index in [-0.39, 0.29) is 0 Å². The molecule has 1 aromatic rings. The highest BCUT2D eigenvalue weighted by atomic mass is 16.5. The maximum absolute atomic E-state index is 5.62. The van der Waals surface area contributed by atoms with Crippen molar-refractivity contribution in [3.8, 4) is 5.75 Å². The quantitative estimate of drug-likeness (QED) is 0.677. The summed E-state index contributed by atoms with van der Waals surface area (Å²) in [6.45, 7) is 12.3. The number of nitrogens with zero attached hydrogens (tertiary/aromatic N) is 1. The molecule has 0 aromatic heterocycles. The summed E-state index contributed by atoms with van der Waals surface area (Å²) in [4.78, 5) is 1.95. The third-order valence-electron chi connectivity index (χ3n) is 2.87. The van der Waals surface area contributed by atoms with E-state index < -0.39 is 0 Å². The van der Waals surface area contributed by atoms with E-state index >= 15 is 0 Å². The molecule has 1 aromatic carbocycles. The largest absolute Gasteiger partial charge is 0.489 e. The Morgan fingerprint density at radius 1 is 1.30 bits per heavy atom. The third-order valence-corrected chi connectivity index (χ3v) is 2.87. The maximum atomic E-state index is 5.62. The van der Waals surface area contributed by atoms with E-state index in [0.29, 0.717) is 6.61 Å². The monoisotopic (exact) mass is 269 g/mol. The fraction of sp³-hybridized carbons (Fsp3) is 0.222. The second-order valence-electron chi connectivity index (χ2n) is 4.70. The van der Waals surface area contributed by atoms with Crippen LogP contribution in [0.15, 0.2) is 73.1 Å². The van der Waals surface area contributed by atoms with Gasteiger partial charge in [0.05, 0.1) is 0 Å². The zero-order valence-corrected chi connectivity index (χ0v) is 12.6. The van der Waals surface area contributed by atoms with Crippen LogP contribution in [0.5, 0.6) is 5.75 Å². The lowest BCUT2D eigenvalue weighted by Crippen LogP contribution is -2.08. The molecule has 0 aliphatic carbocycles. The Hall–Kier alpha value is -2.22. The number of allylic oxidation sites excluding steroid dienone is 3. The minimum atomic E-state index is 0.533. The van der Waals surface area contributed by atoms with Gasteiger partial charge >= 0.3 is 0 Å². The summed E-state index contributed by atoms with van der Waals surface area (Å²) < 4.78 is 5.62. The number of aryl methyl sites for hydroxylation is 1. The Kier molecular flexibility index (Phi) is 6.38. The molecule has 0 aliphatic heterocycles. The molecule has 0 amide bonds. The van der Waals surface area contributed by atoms with Crippen LogP contribution in [-0.2, 0) is 0 Å². The summed E-state index contributed by atoms with van der Waals surface area (Å²) in [5.41, 5.74) is 3.23. The number of ether oxygens (including phenoxy) is 1. The van der Waals surface area contributed by atoms with Gasteiger partial charge in [-0.05, 0) is 43.7 Å². The van der Waals surface area contributed by atoms with E-state index in [1.165, 1.54) is 5.56 Å². The Bertz CT molecular complexity index is 509. The molecule has 0 fully saturated rings. The van der Waals surface area contributed by atoms with Gasteiger partial charge in [0, 0.05) is 18.9 Å². The van der Waals surface area contributed by atoms with E-state index in [1.807, 2.05) is 67.6 Å². The van der Waals surface area contributed by atoms with Gasteiger partial charge in [0.1, 0.15) is 12.4 Å². The van der Waals surface area contributed by atoms with Crippen molar-refractivity contribution in [2.75, 3.05) is 13.7 Å². The van der Waals surface area contributed by atoms with Crippen LogP contribution in [-0.4, -0.2) is 18.6 Å². The zero-order chi connectivity index (χ0) is 15.0. The fourth-order valence-electron chi connectivity index (χ4n) is 1.50. The molecule has 20 heavy (non-hydrogen) atoms. The Balaban J connectivity index is 2.42. The van der Waals surface area contributed by atoms with Crippen LogP contribution in [0.4, 0.5) is 0 Å². The van der Waals surface area contributed by atoms with E-state index in [4.69, 9.17) is 4.74 Å². The first kappa shape index (κ1) is 15.8. The highest BCUT2D eigenvalue weighted by molar-refractivity contribution is 5.27. The summed E-state index contributed by atoms with van der Waals surface area (Å²) in [6, 6.07) is 8.02. The predicted molar refractivity (Wildman–Crippen MR) is 86.7 cm³/mol. The van der Waals surface area contributed by atoms with Crippen molar-refractivity contribution >= 4 is 0 Å². The van der Waals surface area contributed by atoms with Crippen LogP contribution in [0, 0.1) is 6.92 Å². The third kappa shape index (κ3) is 5.61. The van der Waals surface area contributed by atoms with E-state index in [0.717, 1.165) is 17.0 Å². The van der Waals surface area contributed by atoms with Gasteiger partial charge in [-0.15, -0.1) is 0 Å². The number of hydrogen-bond donors (Lipinski definition) is 0. The van der Waals surface area contributed by atoms with Crippen molar-refractivity contribution in [3.05, 3.63) is 78.7 Å². The lowest BCUT2D eigenvalue weighted by molar-refractivity contribution is 0.360. The summed E-state index contributed by atoms with van der Waals surface area (Å²) >= 11 is 0. The zero-order valence-electron chi connectivity index (χ0n) is 12.6. The molecule has 0 bridgehead atoms. The predicted octanol–water partition coefficient (Wildman–Crippen LogP) is 4.47. The van der Waals surface area contributed by atoms with Crippen molar-refractivity contribution in [3.63, 3.8) is 0 Å². The van der Waals surface area contributed by atoms with Crippen molar-refractivity contribution in [2.45, 2.75) is 13.8 Å². The number of likely N-dealkylation sites (N-methyl/N-ethyl adjacent to an activating group) is 1. The fourth-order valence-corrected chi connectivity index (χ4v) is 1.50. The molecule has 1 rings (SSSR count). The van der Waals surface area contributed by atoms with Crippen molar-refractivity contribution in [1.82, 2.24) is 4.90 Å². The average Bonchev–Trinajstić information content (AvgIpc) is 2.44. The Labute approximate surface area is 122 Å². The number of benzene rings is 1. The minimum absolute atomic E-state index is 0.533. The topological polar surface area (TPSA) is 12.5 Å². The number of rotatable bonds is 7. The first-order valence-electron chi connectivity index (χ1n) is 6.61. The van der Waals surface area contributed by atoms with E-state index in [2.05, 4.69) is 20.1 Å². The maximum Gasteiger partial charge on any atom is 0.119 e. The van der Waals surface area contributed by atoms with Crippen LogP contribution >= 0.6 is 0 Å². The van der Waals surface area contributed by atoms with Crippen molar-refractivity contribution in [2.24, 2.45) is 0 Å². The summed E-state index contributed by atoms with van der Waals surface area (Å²) in [7, 11) is 1.96. The molecule has 0 saturated carbocycles. The van der Waals surface area contributed by atoms with Crippen molar-refractivity contribution in [1.29, 1.82) is 0 Å². The lowest BCUT2D eigenvalue weighted by Gasteiger charge is -2.14. The van der Waals surface area contributed by atoms with Gasteiger partial charge in [-0.1, -0.05) is 36.9 Å². The smallest absolute Gasteiger partial charge is 0.119 e. The highest BCUT2D eigenvalue weighted by Gasteiger charge is 1.95. The summed E-state index contributed by atoms with van der Waals surface area (Å²) in [5, 5.41) is 0. The van der Waals surface area contributed by atoms with Crippen LogP contribution in [0.3, 0.4) is 0 Å². The number of hydrogen-bond acceptors (Lipinski definition) is 2. The molecular formula is C18H23NO. The SMILES string of the molecule is C=C/C(C)=C\C(=C)N(C)/C=C/COc1ccc(C)cc1. The van der Waals surface area contributed by atoms with Gasteiger partial charge in [0.2, 0.25) is 0 Å². The first-order valence-corrected chi connectivity index (χ1v) is 6.61. The Morgan fingerprint density at radius 3 is 2.55 bits per heavy atom. The molecule has 0 aliphatic rings. The molecule has 2 heteroatoms. The van der Waals surface area contributed by atoms with Gasteiger partial charge in [-0.2, -0.15) is 0 Å². The van der Waals surface area contributed by atoms with E-state index in [1.54, 1.807) is 0 Å². The normalized spacial score (nSPS) is 11.4. The molecular weight excluding hydrogens is 246 g/mol. The second-order valence-corrected chi connectivity index (χ2v) is 4.70. The molecule has 2 nitrogen and oxygen atoms in total. The van der Waals surface area contributed by atoms with Gasteiger partial charge in [-0.3, -0.25) is 0 Å². The van der Waals surface area contributed by atoms with Crippen LogP contribution in [0.2, 0.25) is 0 Å². The summed E-state index contributed by atoms with van der Waals surface area (Å²) in [6.07, 6.45) is 7.70. The molecule has 0 radical (unpaired) electrons. The van der Waals surface area contributed by atoms with Crippen LogP contribution < -0.4 is 4.74 Å². The molecule has 0 N–H and O–H groups in total. The summed E-state index contributed by atoms with van der Waals surface area (Å²) in [5.74, 6) is 0.879. The molecule has 0 saturated heterocycles. The average molecular weight is 269 g/mol. The van der Waals surface area contributed by atoms with Crippen LogP contribution in [0.25, 0.3) is 0 Å². The van der Waals surface area contributed by atoms with Gasteiger partial charge in [0.15, 0.2) is 0 Å². The molecule has 0 heterocycles. The molecule has 0 spiro atoms. The first-order chi connectivity index (χ1) is 9.52. The standard InChI is InChI=1S/C18H23NO/c1-6-15(2)14-17(4)19(5)12-7-13-20-18-10-8-16(3)9-11-18/h6-12,14H,1,4,13H2,2-3,5H3/b12-7+,15-14-. The highest BCUT2D eigenvalue weighted by Crippen LogP contribution is 2.11. The molecule has 106 valence electrons. The molecule has 0 unspecified atom stereocenters. The second kappa shape index (κ2) is 8.05. The minimum Gasteiger partial charge on any atom is -0.489 e.